The number of hydrogen-bond donors (Lipinski definition) is 1. The third-order valence-electron chi connectivity index (χ3n) is 3.40. The van der Waals surface area contributed by atoms with Crippen molar-refractivity contribution in [1.29, 1.82) is 0 Å². The Kier molecular flexibility index (Phi) is 4.57. The number of nitrogens with zero attached hydrogens (tertiary/aromatic N) is 2. The molecule has 2 heterocycles. The first-order valence-electron chi connectivity index (χ1n) is 7.02. The Bertz CT molecular complexity index is 933. The van der Waals surface area contributed by atoms with Gasteiger partial charge < -0.3 is 5.32 Å². The minimum atomic E-state index is -4.71. The van der Waals surface area contributed by atoms with Crippen molar-refractivity contribution in [3.8, 4) is 11.1 Å². The summed E-state index contributed by atoms with van der Waals surface area (Å²) in [6.07, 6.45) is -3.67. The number of halogens is 4. The van der Waals surface area contributed by atoms with Gasteiger partial charge in [0, 0.05) is 29.4 Å². The second-order valence-electron chi connectivity index (χ2n) is 5.16. The summed E-state index contributed by atoms with van der Waals surface area (Å²) in [6.45, 7) is 0. The van der Waals surface area contributed by atoms with Crippen molar-refractivity contribution in [3.63, 3.8) is 0 Å². The van der Waals surface area contributed by atoms with Crippen molar-refractivity contribution in [3.05, 3.63) is 58.2 Å². The van der Waals surface area contributed by atoms with Gasteiger partial charge in [-0.2, -0.15) is 18.3 Å². The quantitative estimate of drug-likeness (QED) is 0.684. The van der Waals surface area contributed by atoms with Crippen molar-refractivity contribution in [2.45, 2.75) is 6.18 Å². The smallest absolute Gasteiger partial charge is 0.313 e. The van der Waals surface area contributed by atoms with Crippen LogP contribution in [0.2, 0.25) is 5.02 Å². The normalized spacial score (nSPS) is 11.6. The Balaban J connectivity index is 1.94. The van der Waals surface area contributed by atoms with Crippen LogP contribution in [0.4, 0.5) is 18.2 Å². The Labute approximate surface area is 149 Å². The highest BCUT2D eigenvalue weighted by Crippen LogP contribution is 2.38. The topological polar surface area (TPSA) is 46.9 Å². The molecule has 3 aromatic rings. The zero-order valence-electron chi connectivity index (χ0n) is 12.8. The lowest BCUT2D eigenvalue weighted by molar-refractivity contribution is -0.141. The highest BCUT2D eigenvalue weighted by Gasteiger charge is 2.39. The van der Waals surface area contributed by atoms with E-state index in [1.807, 2.05) is 0 Å². The van der Waals surface area contributed by atoms with Gasteiger partial charge in [0.2, 0.25) is 0 Å². The number of carbonyl (C=O) groups is 1. The molecule has 4 nitrogen and oxygen atoms in total. The highest BCUT2D eigenvalue weighted by atomic mass is 35.5. The van der Waals surface area contributed by atoms with Crippen molar-refractivity contribution >= 4 is 33.8 Å². The third kappa shape index (κ3) is 3.54. The number of rotatable bonds is 3. The second kappa shape index (κ2) is 6.53. The van der Waals surface area contributed by atoms with Crippen LogP contribution in [0.3, 0.4) is 0 Å². The molecule has 2 aromatic heterocycles. The summed E-state index contributed by atoms with van der Waals surface area (Å²) in [5.74, 6) is -0.879. The van der Waals surface area contributed by atoms with Crippen LogP contribution >= 0.6 is 22.9 Å². The van der Waals surface area contributed by atoms with E-state index in [1.54, 1.807) is 35.7 Å². The summed E-state index contributed by atoms with van der Waals surface area (Å²) in [5.41, 5.74) is -0.429. The predicted molar refractivity (Wildman–Crippen MR) is 90.9 cm³/mol. The van der Waals surface area contributed by atoms with E-state index in [0.29, 0.717) is 21.2 Å². The molecular formula is C16H11ClF3N3OS. The van der Waals surface area contributed by atoms with Crippen LogP contribution in [0.15, 0.2) is 41.9 Å². The maximum Gasteiger partial charge on any atom is 0.435 e. The van der Waals surface area contributed by atoms with Gasteiger partial charge in [0.1, 0.15) is 5.00 Å². The zero-order valence-corrected chi connectivity index (χ0v) is 14.3. The lowest BCUT2D eigenvalue weighted by atomic mass is 10.1. The highest BCUT2D eigenvalue weighted by molar-refractivity contribution is 7.15. The van der Waals surface area contributed by atoms with Crippen LogP contribution in [0.25, 0.3) is 11.1 Å². The van der Waals surface area contributed by atoms with Gasteiger partial charge in [-0.15, -0.1) is 11.3 Å². The van der Waals surface area contributed by atoms with Crippen LogP contribution in [0.5, 0.6) is 0 Å². The van der Waals surface area contributed by atoms with E-state index < -0.39 is 23.3 Å². The second-order valence-corrected chi connectivity index (χ2v) is 6.48. The summed E-state index contributed by atoms with van der Waals surface area (Å²) in [6, 6.07) is 8.76. The molecule has 25 heavy (non-hydrogen) atoms. The van der Waals surface area contributed by atoms with Crippen molar-refractivity contribution in [1.82, 2.24) is 9.78 Å². The first-order valence-corrected chi connectivity index (χ1v) is 8.27. The van der Waals surface area contributed by atoms with Gasteiger partial charge in [-0.3, -0.25) is 9.48 Å². The van der Waals surface area contributed by atoms with Gasteiger partial charge in [0.25, 0.3) is 5.91 Å². The number of alkyl halides is 3. The van der Waals surface area contributed by atoms with Crippen LogP contribution in [0, 0.1) is 0 Å². The number of carbonyl (C=O) groups excluding carboxylic acids is 1. The molecule has 0 radical (unpaired) electrons. The molecule has 0 aliphatic heterocycles. The van der Waals surface area contributed by atoms with E-state index >= 15 is 0 Å². The van der Waals surface area contributed by atoms with Crippen LogP contribution in [-0.2, 0) is 13.2 Å². The fourth-order valence-corrected chi connectivity index (χ4v) is 3.37. The van der Waals surface area contributed by atoms with Crippen molar-refractivity contribution in [2.24, 2.45) is 7.05 Å². The molecule has 0 spiro atoms. The van der Waals surface area contributed by atoms with Gasteiger partial charge in [-0.25, -0.2) is 0 Å². The summed E-state index contributed by atoms with van der Waals surface area (Å²) in [7, 11) is 1.33. The molecule has 0 unspecified atom stereocenters. The molecule has 1 amide bonds. The molecule has 0 saturated carbocycles. The Hall–Kier alpha value is -2.32. The number of amides is 1. The minimum absolute atomic E-state index is 0.412. The summed E-state index contributed by atoms with van der Waals surface area (Å²) in [4.78, 5) is 12.4. The third-order valence-corrected chi connectivity index (χ3v) is 4.56. The molecule has 0 aliphatic carbocycles. The summed E-state index contributed by atoms with van der Waals surface area (Å²) < 4.78 is 40.0. The van der Waals surface area contributed by atoms with Crippen molar-refractivity contribution in [2.75, 3.05) is 5.32 Å². The van der Waals surface area contributed by atoms with E-state index in [0.717, 1.165) is 10.9 Å². The number of aryl methyl sites for hydroxylation is 1. The average molecular weight is 386 g/mol. The minimum Gasteiger partial charge on any atom is -0.313 e. The SMILES string of the molecule is Cn1cc(C(=O)Nc2sccc2-c2ccccc2Cl)c(C(F)(F)F)n1. The predicted octanol–water partition coefficient (Wildman–Crippen LogP) is 5.07. The van der Waals surface area contributed by atoms with E-state index in [2.05, 4.69) is 10.4 Å². The van der Waals surface area contributed by atoms with Gasteiger partial charge in [0.15, 0.2) is 5.69 Å². The van der Waals surface area contributed by atoms with E-state index in [9.17, 15) is 18.0 Å². The zero-order chi connectivity index (χ0) is 18.2. The molecule has 0 atom stereocenters. The van der Waals surface area contributed by atoms with Crippen LogP contribution in [0.1, 0.15) is 16.1 Å². The maximum absolute atomic E-state index is 13.0. The number of hydrogen-bond acceptors (Lipinski definition) is 3. The molecule has 1 N–H and O–H groups in total. The van der Waals surface area contributed by atoms with E-state index in [4.69, 9.17) is 11.6 Å². The largest absolute Gasteiger partial charge is 0.435 e. The van der Waals surface area contributed by atoms with Gasteiger partial charge >= 0.3 is 6.18 Å². The number of thiophene rings is 1. The van der Waals surface area contributed by atoms with Gasteiger partial charge in [-0.1, -0.05) is 29.8 Å². The monoisotopic (exact) mass is 385 g/mol. The number of aromatic nitrogens is 2. The molecule has 130 valence electrons. The molecule has 0 saturated heterocycles. The first-order chi connectivity index (χ1) is 11.8. The lowest BCUT2D eigenvalue weighted by Crippen LogP contribution is -2.17. The fourth-order valence-electron chi connectivity index (χ4n) is 2.33. The summed E-state index contributed by atoms with van der Waals surface area (Å²) in [5, 5.41) is 8.48. The van der Waals surface area contributed by atoms with Crippen LogP contribution < -0.4 is 5.32 Å². The van der Waals surface area contributed by atoms with E-state index in [1.165, 1.54) is 18.4 Å². The van der Waals surface area contributed by atoms with E-state index in [-0.39, 0.29) is 0 Å². The maximum atomic E-state index is 13.0. The fraction of sp³-hybridized carbons (Fsp3) is 0.125. The van der Waals surface area contributed by atoms with Crippen LogP contribution in [-0.4, -0.2) is 15.7 Å². The molecular weight excluding hydrogens is 375 g/mol. The molecule has 0 aliphatic rings. The van der Waals surface area contributed by atoms with Gasteiger partial charge in [-0.05, 0) is 17.5 Å². The number of anilines is 1. The lowest BCUT2D eigenvalue weighted by Gasteiger charge is -2.09. The van der Waals surface area contributed by atoms with Crippen molar-refractivity contribution < 1.29 is 18.0 Å². The molecule has 1 aromatic carbocycles. The standard InChI is InChI=1S/C16H11ClF3N3OS/c1-23-8-11(13(22-23)16(18,19)20)14(24)21-15-10(6-7-25-15)9-4-2-3-5-12(9)17/h2-8H,1H3,(H,21,24). The Morgan fingerprint density at radius 1 is 1.24 bits per heavy atom. The molecule has 0 bridgehead atoms. The van der Waals surface area contributed by atoms with Gasteiger partial charge in [0.05, 0.1) is 5.56 Å². The molecule has 9 heteroatoms. The Morgan fingerprint density at radius 3 is 2.64 bits per heavy atom. The molecule has 3 rings (SSSR count). The number of nitrogens with one attached hydrogen (secondary N) is 1. The Morgan fingerprint density at radius 2 is 1.96 bits per heavy atom. The number of benzene rings is 1. The average Bonchev–Trinajstić information content (AvgIpc) is 3.14. The first kappa shape index (κ1) is 17.5. The molecule has 0 fully saturated rings. The summed E-state index contributed by atoms with van der Waals surface area (Å²) >= 11 is 7.36.